The molecule has 0 heterocycles. The zero-order valence-electron chi connectivity index (χ0n) is 11.2. The molecule has 4 nitrogen and oxygen atoms in total. The van der Waals surface area contributed by atoms with Gasteiger partial charge in [-0.15, -0.1) is 0 Å². The van der Waals surface area contributed by atoms with Crippen LogP contribution in [0.2, 0.25) is 0 Å². The monoisotopic (exact) mass is 304 g/mol. The Hall–Kier alpha value is -2.47. The van der Waals surface area contributed by atoms with E-state index in [1.165, 1.54) is 25.3 Å². The lowest BCUT2D eigenvalue weighted by atomic mass is 10.1. The summed E-state index contributed by atoms with van der Waals surface area (Å²) >= 11 is 4.88. The normalized spacial score (nSPS) is 10.0. The molecule has 0 aliphatic heterocycles. The standard InChI is InChI=1S/C15H13FN2O2S/c1-20-13-8-10(5-6-12(13)16)15(19)18-11-4-2-3-9(7-11)14(17)21/h2-8H,1H3,(H2,17,21)(H,18,19). The lowest BCUT2D eigenvalue weighted by molar-refractivity contribution is 0.102. The Morgan fingerprint density at radius 1 is 1.24 bits per heavy atom. The minimum Gasteiger partial charge on any atom is -0.494 e. The molecule has 2 rings (SSSR count). The molecule has 0 saturated heterocycles. The first kappa shape index (κ1) is 14.9. The van der Waals surface area contributed by atoms with Crippen molar-refractivity contribution >= 4 is 28.8 Å². The number of methoxy groups -OCH3 is 1. The van der Waals surface area contributed by atoms with Gasteiger partial charge in [-0.1, -0.05) is 24.4 Å². The number of carbonyl (C=O) groups is 1. The SMILES string of the molecule is COc1cc(C(=O)Nc2cccc(C(N)=S)c2)ccc1F. The van der Waals surface area contributed by atoms with Crippen molar-refractivity contribution in [2.45, 2.75) is 0 Å². The Morgan fingerprint density at radius 2 is 2.00 bits per heavy atom. The summed E-state index contributed by atoms with van der Waals surface area (Å²) in [7, 11) is 1.34. The van der Waals surface area contributed by atoms with Crippen molar-refractivity contribution < 1.29 is 13.9 Å². The number of nitrogens with two attached hydrogens (primary N) is 1. The number of nitrogens with one attached hydrogen (secondary N) is 1. The second kappa shape index (κ2) is 6.32. The van der Waals surface area contributed by atoms with Gasteiger partial charge < -0.3 is 15.8 Å². The molecule has 0 saturated carbocycles. The maximum Gasteiger partial charge on any atom is 0.255 e. The van der Waals surface area contributed by atoms with Gasteiger partial charge in [0.15, 0.2) is 11.6 Å². The Morgan fingerprint density at radius 3 is 2.67 bits per heavy atom. The van der Waals surface area contributed by atoms with Crippen LogP contribution < -0.4 is 15.8 Å². The van der Waals surface area contributed by atoms with Gasteiger partial charge in [-0.25, -0.2) is 4.39 Å². The number of thiocarbonyl (C=S) groups is 1. The highest BCUT2D eigenvalue weighted by atomic mass is 32.1. The van der Waals surface area contributed by atoms with Crippen LogP contribution in [-0.2, 0) is 0 Å². The Kier molecular flexibility index (Phi) is 4.49. The first-order valence-electron chi connectivity index (χ1n) is 6.06. The average Bonchev–Trinajstić information content (AvgIpc) is 2.47. The van der Waals surface area contributed by atoms with E-state index in [1.807, 2.05) is 0 Å². The largest absolute Gasteiger partial charge is 0.494 e. The second-order valence-electron chi connectivity index (χ2n) is 4.25. The molecule has 108 valence electrons. The Balaban J connectivity index is 2.22. The third kappa shape index (κ3) is 3.55. The highest BCUT2D eigenvalue weighted by molar-refractivity contribution is 7.80. The fourth-order valence-corrected chi connectivity index (χ4v) is 1.88. The highest BCUT2D eigenvalue weighted by Gasteiger charge is 2.11. The summed E-state index contributed by atoms with van der Waals surface area (Å²) in [6.45, 7) is 0. The van der Waals surface area contributed by atoms with Crippen LogP contribution in [0.1, 0.15) is 15.9 Å². The van der Waals surface area contributed by atoms with E-state index in [-0.39, 0.29) is 22.2 Å². The van der Waals surface area contributed by atoms with E-state index in [4.69, 9.17) is 22.7 Å². The summed E-state index contributed by atoms with van der Waals surface area (Å²) < 4.78 is 18.2. The molecule has 0 bridgehead atoms. The van der Waals surface area contributed by atoms with Crippen molar-refractivity contribution in [2.24, 2.45) is 5.73 Å². The smallest absolute Gasteiger partial charge is 0.255 e. The summed E-state index contributed by atoms with van der Waals surface area (Å²) in [5.74, 6) is -0.891. The number of halogens is 1. The first-order chi connectivity index (χ1) is 10.0. The maximum atomic E-state index is 13.3. The van der Waals surface area contributed by atoms with Crippen LogP contribution in [-0.4, -0.2) is 18.0 Å². The number of carbonyl (C=O) groups excluding carboxylic acids is 1. The minimum atomic E-state index is -0.524. The van der Waals surface area contributed by atoms with Crippen LogP contribution in [0.4, 0.5) is 10.1 Å². The maximum absolute atomic E-state index is 13.3. The quantitative estimate of drug-likeness (QED) is 0.853. The fourth-order valence-electron chi connectivity index (χ4n) is 1.75. The van der Waals surface area contributed by atoms with Gasteiger partial charge in [-0.05, 0) is 30.3 Å². The third-order valence-corrected chi connectivity index (χ3v) is 3.05. The van der Waals surface area contributed by atoms with Crippen LogP contribution in [0.3, 0.4) is 0 Å². The van der Waals surface area contributed by atoms with Crippen LogP contribution >= 0.6 is 12.2 Å². The molecule has 0 aliphatic rings. The van der Waals surface area contributed by atoms with Crippen molar-refractivity contribution in [3.8, 4) is 5.75 Å². The molecule has 21 heavy (non-hydrogen) atoms. The molecule has 1 amide bonds. The highest BCUT2D eigenvalue weighted by Crippen LogP contribution is 2.19. The molecule has 2 aromatic rings. The number of hydrogen-bond acceptors (Lipinski definition) is 3. The van der Waals surface area contributed by atoms with E-state index in [0.717, 1.165) is 0 Å². The second-order valence-corrected chi connectivity index (χ2v) is 4.69. The number of anilines is 1. The van der Waals surface area contributed by atoms with Gasteiger partial charge in [0.2, 0.25) is 0 Å². The van der Waals surface area contributed by atoms with Crippen LogP contribution in [0.25, 0.3) is 0 Å². The van der Waals surface area contributed by atoms with Crippen molar-refractivity contribution in [1.82, 2.24) is 0 Å². The van der Waals surface area contributed by atoms with Gasteiger partial charge in [-0.3, -0.25) is 4.79 Å². The van der Waals surface area contributed by atoms with Gasteiger partial charge in [0, 0.05) is 16.8 Å². The topological polar surface area (TPSA) is 64.3 Å². The van der Waals surface area contributed by atoms with Crippen molar-refractivity contribution in [3.63, 3.8) is 0 Å². The van der Waals surface area contributed by atoms with Crippen LogP contribution in [0.5, 0.6) is 5.75 Å². The van der Waals surface area contributed by atoms with Crippen LogP contribution in [0.15, 0.2) is 42.5 Å². The lowest BCUT2D eigenvalue weighted by Crippen LogP contribution is -2.14. The zero-order valence-corrected chi connectivity index (χ0v) is 12.0. The van der Waals surface area contributed by atoms with E-state index in [9.17, 15) is 9.18 Å². The average molecular weight is 304 g/mol. The molecule has 3 N–H and O–H groups in total. The van der Waals surface area contributed by atoms with Crippen molar-refractivity contribution in [2.75, 3.05) is 12.4 Å². The van der Waals surface area contributed by atoms with E-state index in [0.29, 0.717) is 11.3 Å². The summed E-state index contributed by atoms with van der Waals surface area (Å²) in [6, 6.07) is 10.8. The lowest BCUT2D eigenvalue weighted by Gasteiger charge is -2.08. The number of rotatable bonds is 4. The first-order valence-corrected chi connectivity index (χ1v) is 6.47. The molecule has 6 heteroatoms. The summed E-state index contributed by atoms with van der Waals surface area (Å²) in [5.41, 5.74) is 7.03. The van der Waals surface area contributed by atoms with E-state index in [2.05, 4.69) is 5.32 Å². The van der Waals surface area contributed by atoms with Gasteiger partial charge in [0.25, 0.3) is 5.91 Å². The molecule has 0 spiro atoms. The van der Waals surface area contributed by atoms with Gasteiger partial charge >= 0.3 is 0 Å². The summed E-state index contributed by atoms with van der Waals surface area (Å²) in [5, 5.41) is 2.69. The molecule has 0 aromatic heterocycles. The van der Waals surface area contributed by atoms with Gasteiger partial charge in [0.05, 0.1) is 7.11 Å². The van der Waals surface area contributed by atoms with E-state index < -0.39 is 5.82 Å². The third-order valence-electron chi connectivity index (χ3n) is 2.82. The Bertz CT molecular complexity index is 704. The molecule has 2 aromatic carbocycles. The Labute approximate surface area is 126 Å². The number of benzene rings is 2. The summed E-state index contributed by atoms with van der Waals surface area (Å²) in [4.78, 5) is 12.4. The molecule has 0 fully saturated rings. The number of amides is 1. The molecular formula is C15H13FN2O2S. The molecule has 0 aliphatic carbocycles. The molecule has 0 unspecified atom stereocenters. The van der Waals surface area contributed by atoms with Crippen LogP contribution in [0, 0.1) is 5.82 Å². The molecule has 0 radical (unpaired) electrons. The number of hydrogen-bond donors (Lipinski definition) is 2. The van der Waals surface area contributed by atoms with Gasteiger partial charge in [-0.2, -0.15) is 0 Å². The molecular weight excluding hydrogens is 291 g/mol. The van der Waals surface area contributed by atoms with Crippen molar-refractivity contribution in [3.05, 3.63) is 59.4 Å². The van der Waals surface area contributed by atoms with Gasteiger partial charge in [0.1, 0.15) is 4.99 Å². The predicted molar refractivity (Wildman–Crippen MR) is 83.2 cm³/mol. The summed E-state index contributed by atoms with van der Waals surface area (Å²) in [6.07, 6.45) is 0. The number of ether oxygens (including phenoxy) is 1. The fraction of sp³-hybridized carbons (Fsp3) is 0.0667. The molecule has 0 atom stereocenters. The predicted octanol–water partition coefficient (Wildman–Crippen LogP) is 2.72. The van der Waals surface area contributed by atoms with Crippen molar-refractivity contribution in [1.29, 1.82) is 0 Å². The minimum absolute atomic E-state index is 0.0135. The van der Waals surface area contributed by atoms with E-state index in [1.54, 1.807) is 24.3 Å². The van der Waals surface area contributed by atoms with E-state index >= 15 is 0 Å². The zero-order chi connectivity index (χ0) is 15.4.